The number of benzene rings is 2. The van der Waals surface area contributed by atoms with Crippen LogP contribution in [-0.4, -0.2) is 12.5 Å². The largest absolute Gasteiger partial charge is 0.399 e. The summed E-state index contributed by atoms with van der Waals surface area (Å²) in [5, 5.41) is 2.72. The number of carbonyl (C=O) groups is 1. The number of nitrogens with two attached hydrogens (primary N) is 1. The summed E-state index contributed by atoms with van der Waals surface area (Å²) in [5.41, 5.74) is 7.58. The van der Waals surface area contributed by atoms with Gasteiger partial charge in [-0.15, -0.1) is 0 Å². The van der Waals surface area contributed by atoms with E-state index in [4.69, 9.17) is 5.73 Å². The van der Waals surface area contributed by atoms with Gasteiger partial charge in [-0.05, 0) is 41.8 Å². The van der Waals surface area contributed by atoms with E-state index in [1.165, 1.54) is 12.1 Å². The smallest absolute Gasteiger partial charge is 0.224 e. The topological polar surface area (TPSA) is 55.1 Å². The monoisotopic (exact) mass is 290 g/mol. The van der Waals surface area contributed by atoms with E-state index >= 15 is 0 Å². The third kappa shape index (κ3) is 4.87. The minimum atomic E-state index is -0.613. The summed E-state index contributed by atoms with van der Waals surface area (Å²) >= 11 is 0. The van der Waals surface area contributed by atoms with Gasteiger partial charge in [0.2, 0.25) is 5.91 Å². The Labute approximate surface area is 121 Å². The average molecular weight is 290 g/mol. The van der Waals surface area contributed by atoms with Crippen LogP contribution in [0.25, 0.3) is 0 Å². The highest BCUT2D eigenvalue weighted by Crippen LogP contribution is 2.08. The first-order chi connectivity index (χ1) is 10.0. The zero-order chi connectivity index (χ0) is 15.2. The highest BCUT2D eigenvalue weighted by molar-refractivity contribution is 5.78. The molecular weight excluding hydrogens is 274 g/mol. The quantitative estimate of drug-likeness (QED) is 0.831. The molecular formula is C16H16F2N2O. The molecule has 2 aromatic carbocycles. The predicted octanol–water partition coefficient (Wildman–Crippen LogP) is 2.45. The summed E-state index contributed by atoms with van der Waals surface area (Å²) in [4.78, 5) is 11.7. The standard InChI is InChI=1S/C16H16F2N2O/c17-13-7-12(8-14(18)10-13)5-6-20-16(21)9-11-1-3-15(19)4-2-11/h1-4,7-8,10H,5-6,9,19H2,(H,20,21). The first-order valence-corrected chi connectivity index (χ1v) is 6.59. The van der Waals surface area contributed by atoms with Crippen LogP contribution >= 0.6 is 0 Å². The van der Waals surface area contributed by atoms with Crippen molar-refractivity contribution in [1.82, 2.24) is 5.32 Å². The lowest BCUT2D eigenvalue weighted by Crippen LogP contribution is -2.27. The molecule has 0 aromatic heterocycles. The predicted molar refractivity (Wildman–Crippen MR) is 77.6 cm³/mol. The molecule has 3 N–H and O–H groups in total. The van der Waals surface area contributed by atoms with Crippen molar-refractivity contribution in [1.29, 1.82) is 0 Å². The molecule has 0 aliphatic rings. The third-order valence-corrected chi connectivity index (χ3v) is 3.00. The molecule has 0 fully saturated rings. The van der Waals surface area contributed by atoms with Crippen molar-refractivity contribution in [2.45, 2.75) is 12.8 Å². The summed E-state index contributed by atoms with van der Waals surface area (Å²) in [6.45, 7) is 0.330. The maximum absolute atomic E-state index is 13.0. The molecule has 2 aromatic rings. The number of rotatable bonds is 5. The van der Waals surface area contributed by atoms with Crippen molar-refractivity contribution in [3.8, 4) is 0 Å². The van der Waals surface area contributed by atoms with Crippen LogP contribution in [0.3, 0.4) is 0 Å². The highest BCUT2D eigenvalue weighted by Gasteiger charge is 2.04. The Kier molecular flexibility index (Phi) is 4.87. The molecule has 3 nitrogen and oxygen atoms in total. The Morgan fingerprint density at radius 3 is 2.24 bits per heavy atom. The average Bonchev–Trinajstić information content (AvgIpc) is 2.40. The number of hydrogen-bond donors (Lipinski definition) is 2. The van der Waals surface area contributed by atoms with Gasteiger partial charge in [0.15, 0.2) is 0 Å². The van der Waals surface area contributed by atoms with E-state index < -0.39 is 11.6 Å². The number of halogens is 2. The lowest BCUT2D eigenvalue weighted by Gasteiger charge is -2.06. The van der Waals surface area contributed by atoms with E-state index in [1.807, 2.05) is 0 Å². The molecule has 0 aliphatic heterocycles. The third-order valence-electron chi connectivity index (χ3n) is 3.00. The molecule has 0 heterocycles. The Morgan fingerprint density at radius 1 is 1.00 bits per heavy atom. The normalized spacial score (nSPS) is 10.4. The molecule has 0 radical (unpaired) electrons. The minimum absolute atomic E-state index is 0.142. The van der Waals surface area contributed by atoms with Crippen LogP contribution in [0.15, 0.2) is 42.5 Å². The summed E-state index contributed by atoms with van der Waals surface area (Å²) in [5.74, 6) is -1.37. The van der Waals surface area contributed by atoms with Crippen LogP contribution in [0.5, 0.6) is 0 Å². The maximum atomic E-state index is 13.0. The number of carbonyl (C=O) groups excluding carboxylic acids is 1. The van der Waals surface area contributed by atoms with Crippen molar-refractivity contribution < 1.29 is 13.6 Å². The second kappa shape index (κ2) is 6.83. The molecule has 5 heteroatoms. The summed E-state index contributed by atoms with van der Waals surface area (Å²) in [6.07, 6.45) is 0.625. The summed E-state index contributed by atoms with van der Waals surface area (Å²) in [6, 6.07) is 10.4. The fourth-order valence-corrected chi connectivity index (χ4v) is 1.98. The van der Waals surface area contributed by atoms with E-state index in [1.54, 1.807) is 24.3 Å². The minimum Gasteiger partial charge on any atom is -0.399 e. The van der Waals surface area contributed by atoms with E-state index in [-0.39, 0.29) is 12.3 Å². The van der Waals surface area contributed by atoms with Crippen molar-refractivity contribution in [3.05, 3.63) is 65.2 Å². The molecule has 0 saturated heterocycles. The van der Waals surface area contributed by atoms with E-state index in [2.05, 4.69) is 5.32 Å². The first kappa shape index (κ1) is 15.0. The summed E-state index contributed by atoms with van der Waals surface area (Å²) < 4.78 is 26.0. The molecule has 0 bridgehead atoms. The fourth-order valence-electron chi connectivity index (χ4n) is 1.98. The van der Waals surface area contributed by atoms with Crippen LogP contribution in [0, 0.1) is 11.6 Å². The molecule has 1 amide bonds. The Hall–Kier alpha value is -2.43. The number of nitrogens with one attached hydrogen (secondary N) is 1. The fraction of sp³-hybridized carbons (Fsp3) is 0.188. The van der Waals surface area contributed by atoms with Crippen LogP contribution in [0.1, 0.15) is 11.1 Å². The van der Waals surface area contributed by atoms with Gasteiger partial charge in [-0.25, -0.2) is 8.78 Å². The van der Waals surface area contributed by atoms with Gasteiger partial charge >= 0.3 is 0 Å². The number of hydrogen-bond acceptors (Lipinski definition) is 2. The van der Waals surface area contributed by atoms with Gasteiger partial charge in [0.1, 0.15) is 11.6 Å². The zero-order valence-electron chi connectivity index (χ0n) is 11.4. The van der Waals surface area contributed by atoms with Crippen LogP contribution in [0.4, 0.5) is 14.5 Å². The molecule has 21 heavy (non-hydrogen) atoms. The number of nitrogen functional groups attached to an aromatic ring is 1. The second-order valence-electron chi connectivity index (χ2n) is 4.80. The van der Waals surface area contributed by atoms with Crippen LogP contribution < -0.4 is 11.1 Å². The van der Waals surface area contributed by atoms with Gasteiger partial charge in [0.25, 0.3) is 0 Å². The molecule has 2 rings (SSSR count). The van der Waals surface area contributed by atoms with Crippen LogP contribution in [0.2, 0.25) is 0 Å². The lowest BCUT2D eigenvalue weighted by atomic mass is 10.1. The van der Waals surface area contributed by atoms with Gasteiger partial charge < -0.3 is 11.1 Å². The van der Waals surface area contributed by atoms with Gasteiger partial charge in [-0.2, -0.15) is 0 Å². The van der Waals surface area contributed by atoms with E-state index in [0.717, 1.165) is 11.6 Å². The zero-order valence-corrected chi connectivity index (χ0v) is 11.4. The van der Waals surface area contributed by atoms with Crippen molar-refractivity contribution in [2.24, 2.45) is 0 Å². The van der Waals surface area contributed by atoms with Crippen molar-refractivity contribution in [3.63, 3.8) is 0 Å². The SMILES string of the molecule is Nc1ccc(CC(=O)NCCc2cc(F)cc(F)c2)cc1. The van der Waals surface area contributed by atoms with Gasteiger partial charge in [-0.1, -0.05) is 12.1 Å². The molecule has 0 aliphatic carbocycles. The lowest BCUT2D eigenvalue weighted by molar-refractivity contribution is -0.120. The Bertz CT molecular complexity index is 606. The van der Waals surface area contributed by atoms with Crippen LogP contribution in [-0.2, 0) is 17.6 Å². The van der Waals surface area contributed by atoms with E-state index in [0.29, 0.717) is 24.2 Å². The van der Waals surface area contributed by atoms with Crippen molar-refractivity contribution >= 4 is 11.6 Å². The Morgan fingerprint density at radius 2 is 1.62 bits per heavy atom. The molecule has 0 unspecified atom stereocenters. The molecule has 110 valence electrons. The maximum Gasteiger partial charge on any atom is 0.224 e. The molecule has 0 saturated carbocycles. The molecule has 0 spiro atoms. The first-order valence-electron chi connectivity index (χ1n) is 6.59. The van der Waals surface area contributed by atoms with Gasteiger partial charge in [0, 0.05) is 18.3 Å². The second-order valence-corrected chi connectivity index (χ2v) is 4.80. The van der Waals surface area contributed by atoms with Crippen molar-refractivity contribution in [2.75, 3.05) is 12.3 Å². The highest BCUT2D eigenvalue weighted by atomic mass is 19.1. The summed E-state index contributed by atoms with van der Waals surface area (Å²) in [7, 11) is 0. The number of amides is 1. The number of anilines is 1. The Balaban J connectivity index is 1.80. The van der Waals surface area contributed by atoms with Gasteiger partial charge in [-0.3, -0.25) is 4.79 Å². The van der Waals surface area contributed by atoms with Gasteiger partial charge in [0.05, 0.1) is 6.42 Å². The van der Waals surface area contributed by atoms with E-state index in [9.17, 15) is 13.6 Å². The molecule has 0 atom stereocenters.